The molecule has 0 unspecified atom stereocenters. The van der Waals surface area contributed by atoms with Crippen LogP contribution in [0.1, 0.15) is 5.56 Å². The summed E-state index contributed by atoms with van der Waals surface area (Å²) < 4.78 is 1.59. The molecule has 5 nitrogen and oxygen atoms in total. The Morgan fingerprint density at radius 2 is 2.33 bits per heavy atom. The number of aliphatic hydroxyl groups excluding tert-OH is 1. The Balaban J connectivity index is 2.46. The van der Waals surface area contributed by atoms with Crippen molar-refractivity contribution in [3.05, 3.63) is 23.9 Å². The Labute approximate surface area is 68.6 Å². The van der Waals surface area contributed by atoms with E-state index in [1.807, 2.05) is 18.3 Å². The predicted octanol–water partition coefficient (Wildman–Crippen LogP) is -0.341. The molecule has 2 heterocycles. The minimum atomic E-state index is 0.146. The van der Waals surface area contributed by atoms with E-state index in [9.17, 15) is 0 Å². The third kappa shape index (κ3) is 1.14. The average Bonchev–Trinajstić information content (AvgIpc) is 2.51. The van der Waals surface area contributed by atoms with Gasteiger partial charge in [-0.25, -0.2) is 4.52 Å². The van der Waals surface area contributed by atoms with Gasteiger partial charge in [-0.15, -0.1) is 5.10 Å². The number of fused-ring (bicyclic) bond motifs is 1. The third-order valence-electron chi connectivity index (χ3n) is 1.65. The van der Waals surface area contributed by atoms with Crippen molar-refractivity contribution in [2.45, 2.75) is 6.42 Å². The summed E-state index contributed by atoms with van der Waals surface area (Å²) in [4.78, 5) is 0. The SMILES string of the molecule is OCCc1ccc2nnnn2c1. The number of pyridine rings is 1. The van der Waals surface area contributed by atoms with Crippen LogP contribution in [0.4, 0.5) is 0 Å². The first-order valence-electron chi connectivity index (χ1n) is 3.67. The number of aliphatic hydroxyl groups is 1. The van der Waals surface area contributed by atoms with Gasteiger partial charge < -0.3 is 5.11 Å². The fraction of sp³-hybridized carbons (Fsp3) is 0.286. The lowest BCUT2D eigenvalue weighted by molar-refractivity contribution is 0.299. The molecule has 0 saturated carbocycles. The second-order valence-electron chi connectivity index (χ2n) is 2.49. The molecule has 0 spiro atoms. The molecule has 12 heavy (non-hydrogen) atoms. The van der Waals surface area contributed by atoms with Crippen LogP contribution in [0.15, 0.2) is 18.3 Å². The van der Waals surface area contributed by atoms with E-state index in [2.05, 4.69) is 15.5 Å². The summed E-state index contributed by atoms with van der Waals surface area (Å²) in [6, 6.07) is 3.73. The van der Waals surface area contributed by atoms with Crippen molar-refractivity contribution in [2.75, 3.05) is 6.61 Å². The Bertz CT molecular complexity index is 384. The van der Waals surface area contributed by atoms with Crippen molar-refractivity contribution in [2.24, 2.45) is 0 Å². The molecular formula is C7H8N4O. The minimum absolute atomic E-state index is 0.146. The van der Waals surface area contributed by atoms with Crippen LogP contribution in [-0.2, 0) is 6.42 Å². The van der Waals surface area contributed by atoms with Gasteiger partial charge in [-0.3, -0.25) is 0 Å². The van der Waals surface area contributed by atoms with Crippen molar-refractivity contribution in [1.29, 1.82) is 0 Å². The largest absolute Gasteiger partial charge is 0.396 e. The lowest BCUT2D eigenvalue weighted by atomic mass is 10.2. The molecule has 0 saturated heterocycles. The van der Waals surface area contributed by atoms with Crippen LogP contribution in [0.2, 0.25) is 0 Å². The number of tetrazole rings is 1. The van der Waals surface area contributed by atoms with Gasteiger partial charge in [-0.05, 0) is 28.5 Å². The van der Waals surface area contributed by atoms with Crippen molar-refractivity contribution < 1.29 is 5.11 Å². The fourth-order valence-electron chi connectivity index (χ4n) is 1.06. The summed E-state index contributed by atoms with van der Waals surface area (Å²) in [6.45, 7) is 0.146. The highest BCUT2D eigenvalue weighted by atomic mass is 16.2. The van der Waals surface area contributed by atoms with Gasteiger partial charge in [0.15, 0.2) is 5.65 Å². The Kier molecular flexibility index (Phi) is 1.71. The van der Waals surface area contributed by atoms with Crippen LogP contribution in [0.3, 0.4) is 0 Å². The van der Waals surface area contributed by atoms with Gasteiger partial charge in [-0.1, -0.05) is 6.07 Å². The minimum Gasteiger partial charge on any atom is -0.396 e. The molecule has 0 aliphatic heterocycles. The maximum Gasteiger partial charge on any atom is 0.179 e. The summed E-state index contributed by atoms with van der Waals surface area (Å²) >= 11 is 0. The van der Waals surface area contributed by atoms with Crippen molar-refractivity contribution in [3.8, 4) is 0 Å². The quantitative estimate of drug-likeness (QED) is 0.659. The fourth-order valence-corrected chi connectivity index (χ4v) is 1.06. The Morgan fingerprint density at radius 3 is 3.17 bits per heavy atom. The van der Waals surface area contributed by atoms with Crippen LogP contribution in [0, 0.1) is 0 Å². The zero-order valence-corrected chi connectivity index (χ0v) is 6.38. The van der Waals surface area contributed by atoms with Crippen LogP contribution in [0.25, 0.3) is 5.65 Å². The van der Waals surface area contributed by atoms with Crippen molar-refractivity contribution >= 4 is 5.65 Å². The highest BCUT2D eigenvalue weighted by molar-refractivity contribution is 5.36. The van der Waals surface area contributed by atoms with E-state index < -0.39 is 0 Å². The molecule has 0 atom stereocenters. The van der Waals surface area contributed by atoms with Crippen LogP contribution < -0.4 is 0 Å². The lowest BCUT2D eigenvalue weighted by Crippen LogP contribution is -1.94. The summed E-state index contributed by atoms with van der Waals surface area (Å²) in [5.74, 6) is 0. The van der Waals surface area contributed by atoms with Gasteiger partial charge in [0.25, 0.3) is 0 Å². The first-order chi connectivity index (χ1) is 5.90. The average molecular weight is 164 g/mol. The van der Waals surface area contributed by atoms with Gasteiger partial charge in [-0.2, -0.15) is 0 Å². The molecule has 2 aromatic heterocycles. The number of hydrogen-bond donors (Lipinski definition) is 1. The first kappa shape index (κ1) is 7.17. The molecule has 1 N–H and O–H groups in total. The molecule has 62 valence electrons. The maximum absolute atomic E-state index is 8.68. The smallest absolute Gasteiger partial charge is 0.179 e. The molecule has 0 aromatic carbocycles. The van der Waals surface area contributed by atoms with Gasteiger partial charge in [0, 0.05) is 12.8 Å². The molecule has 2 rings (SSSR count). The normalized spacial score (nSPS) is 10.8. The highest BCUT2D eigenvalue weighted by Crippen LogP contribution is 2.01. The van der Waals surface area contributed by atoms with E-state index in [1.165, 1.54) is 0 Å². The maximum atomic E-state index is 8.68. The van der Waals surface area contributed by atoms with Gasteiger partial charge in [0.05, 0.1) is 0 Å². The van der Waals surface area contributed by atoms with Crippen LogP contribution >= 0.6 is 0 Å². The van der Waals surface area contributed by atoms with Gasteiger partial charge in [0.2, 0.25) is 0 Å². The molecule has 0 radical (unpaired) electrons. The molecular weight excluding hydrogens is 156 g/mol. The lowest BCUT2D eigenvalue weighted by Gasteiger charge is -1.96. The second-order valence-corrected chi connectivity index (χ2v) is 2.49. The standard InChI is InChI=1S/C7H8N4O/c12-4-3-6-1-2-7-8-9-10-11(7)5-6/h1-2,5,12H,3-4H2. The summed E-state index contributed by atoms with van der Waals surface area (Å²) in [5.41, 5.74) is 1.74. The first-order valence-corrected chi connectivity index (χ1v) is 3.67. The number of aromatic nitrogens is 4. The van der Waals surface area contributed by atoms with E-state index in [1.54, 1.807) is 4.52 Å². The van der Waals surface area contributed by atoms with Gasteiger partial charge >= 0.3 is 0 Å². The topological polar surface area (TPSA) is 63.3 Å². The van der Waals surface area contributed by atoms with Crippen LogP contribution in [0.5, 0.6) is 0 Å². The van der Waals surface area contributed by atoms with Crippen LogP contribution in [-0.4, -0.2) is 31.8 Å². The van der Waals surface area contributed by atoms with Gasteiger partial charge in [0.1, 0.15) is 0 Å². The van der Waals surface area contributed by atoms with Crippen molar-refractivity contribution in [1.82, 2.24) is 20.0 Å². The number of nitrogens with zero attached hydrogens (tertiary/aromatic N) is 4. The van der Waals surface area contributed by atoms with E-state index in [0.717, 1.165) is 11.2 Å². The Hall–Kier alpha value is -1.49. The predicted molar refractivity (Wildman–Crippen MR) is 41.6 cm³/mol. The Morgan fingerprint density at radius 1 is 1.42 bits per heavy atom. The van der Waals surface area contributed by atoms with E-state index in [-0.39, 0.29) is 6.61 Å². The summed E-state index contributed by atoms with van der Waals surface area (Å²) in [5, 5.41) is 19.7. The monoisotopic (exact) mass is 164 g/mol. The summed E-state index contributed by atoms with van der Waals surface area (Å²) in [6.07, 6.45) is 2.45. The molecule has 0 amide bonds. The molecule has 2 aromatic rings. The third-order valence-corrected chi connectivity index (χ3v) is 1.65. The highest BCUT2D eigenvalue weighted by Gasteiger charge is 1.97. The van der Waals surface area contributed by atoms with E-state index >= 15 is 0 Å². The zero-order valence-electron chi connectivity index (χ0n) is 6.38. The molecule has 0 aliphatic rings. The second kappa shape index (κ2) is 2.86. The summed E-state index contributed by atoms with van der Waals surface area (Å²) in [7, 11) is 0. The molecule has 0 aliphatic carbocycles. The molecule has 0 bridgehead atoms. The van der Waals surface area contributed by atoms with E-state index in [0.29, 0.717) is 6.42 Å². The number of hydrogen-bond acceptors (Lipinski definition) is 4. The van der Waals surface area contributed by atoms with Crippen molar-refractivity contribution in [3.63, 3.8) is 0 Å². The molecule has 5 heteroatoms. The number of rotatable bonds is 2. The molecule has 0 fully saturated rings. The zero-order chi connectivity index (χ0) is 8.39. The van der Waals surface area contributed by atoms with E-state index in [4.69, 9.17) is 5.11 Å².